The molecule has 0 saturated heterocycles. The molecule has 0 fully saturated rings. The fraction of sp³-hybridized carbons (Fsp3) is 0.106. The number of anilines is 3. The summed E-state index contributed by atoms with van der Waals surface area (Å²) in [5.41, 5.74) is 18.6. The molecular weight excluding hydrogens is 679 g/mol. The SMILES string of the molecule is Cc1ccc(N2c3ccc4c5cc(C)ccc5n5c4[c]3[Ge]3([c]4ccccc4)[c]4c-5ccc(C)c4-n4c5ccc(C)cc5c5cc(C)c2[c]3c54)cc1. The summed E-state index contributed by atoms with van der Waals surface area (Å²) in [6.07, 6.45) is 0. The minimum atomic E-state index is -3.82. The summed E-state index contributed by atoms with van der Waals surface area (Å²) in [4.78, 5) is 2.64. The van der Waals surface area contributed by atoms with E-state index in [0.29, 0.717) is 0 Å². The second-order valence-corrected chi connectivity index (χ2v) is 22.8. The van der Waals surface area contributed by atoms with Gasteiger partial charge in [0.1, 0.15) is 0 Å². The Morgan fingerprint density at radius 3 is 1.82 bits per heavy atom. The number of nitrogens with zero attached hydrogens (tertiary/aromatic N) is 3. The van der Waals surface area contributed by atoms with Crippen LogP contribution in [0, 0.1) is 34.6 Å². The Balaban J connectivity index is 1.45. The van der Waals surface area contributed by atoms with Gasteiger partial charge in [0, 0.05) is 0 Å². The van der Waals surface area contributed by atoms with Crippen molar-refractivity contribution in [2.75, 3.05) is 4.90 Å². The van der Waals surface area contributed by atoms with Crippen molar-refractivity contribution in [2.45, 2.75) is 34.6 Å². The first kappa shape index (κ1) is 28.2. The van der Waals surface area contributed by atoms with Gasteiger partial charge < -0.3 is 0 Å². The third-order valence-electron chi connectivity index (χ3n) is 12.3. The number of hydrogen-bond donors (Lipinski definition) is 0. The molecule has 7 aromatic carbocycles. The van der Waals surface area contributed by atoms with E-state index in [1.54, 1.807) is 13.2 Å². The zero-order valence-electron chi connectivity index (χ0n) is 29.4. The van der Waals surface area contributed by atoms with E-state index in [-0.39, 0.29) is 0 Å². The molecule has 1 unspecified atom stereocenters. The van der Waals surface area contributed by atoms with Crippen LogP contribution in [0.5, 0.6) is 0 Å². The molecule has 9 aromatic rings. The zero-order valence-corrected chi connectivity index (χ0v) is 31.5. The van der Waals surface area contributed by atoms with E-state index >= 15 is 0 Å². The van der Waals surface area contributed by atoms with Gasteiger partial charge in [-0.2, -0.15) is 0 Å². The van der Waals surface area contributed by atoms with Crippen LogP contribution in [-0.2, 0) is 0 Å². The van der Waals surface area contributed by atoms with Crippen LogP contribution in [0.15, 0.2) is 121 Å². The van der Waals surface area contributed by atoms with Crippen LogP contribution in [0.25, 0.3) is 55.0 Å². The Bertz CT molecular complexity index is 3070. The van der Waals surface area contributed by atoms with Crippen molar-refractivity contribution in [3.05, 3.63) is 149 Å². The summed E-state index contributed by atoms with van der Waals surface area (Å²) >= 11 is -3.82. The van der Waals surface area contributed by atoms with Gasteiger partial charge >= 0.3 is 301 Å². The van der Waals surface area contributed by atoms with E-state index in [1.165, 1.54) is 104 Å². The van der Waals surface area contributed by atoms with Crippen LogP contribution in [0.3, 0.4) is 0 Å². The Kier molecular flexibility index (Phi) is 5.10. The van der Waals surface area contributed by atoms with Gasteiger partial charge in [0.25, 0.3) is 0 Å². The number of aromatic nitrogens is 2. The van der Waals surface area contributed by atoms with Crippen LogP contribution in [0.2, 0.25) is 0 Å². The average molecular weight is 714 g/mol. The van der Waals surface area contributed by atoms with E-state index in [2.05, 4.69) is 170 Å². The molecule has 0 N–H and O–H groups in total. The molecule has 3 nitrogen and oxygen atoms in total. The van der Waals surface area contributed by atoms with Crippen molar-refractivity contribution >= 4 is 91.5 Å². The average Bonchev–Trinajstić information content (AvgIpc) is 3.64. The quantitative estimate of drug-likeness (QED) is 0.163. The Labute approximate surface area is 299 Å². The molecule has 0 bridgehead atoms. The predicted molar refractivity (Wildman–Crippen MR) is 218 cm³/mol. The van der Waals surface area contributed by atoms with E-state index in [4.69, 9.17) is 0 Å². The number of benzene rings is 7. The first-order valence-electron chi connectivity index (χ1n) is 18.1. The fourth-order valence-corrected chi connectivity index (χ4v) is 23.0. The van der Waals surface area contributed by atoms with Gasteiger partial charge in [-0.05, 0) is 0 Å². The predicted octanol–water partition coefficient (Wildman–Crippen LogP) is 9.21. The minimum absolute atomic E-state index is 1.22. The molecule has 3 aliphatic heterocycles. The van der Waals surface area contributed by atoms with Crippen molar-refractivity contribution in [3.8, 4) is 11.4 Å². The Hall–Kier alpha value is -5.52. The van der Waals surface area contributed by atoms with Gasteiger partial charge in [0.2, 0.25) is 0 Å². The molecule has 0 amide bonds. The standard InChI is InChI=1S/C47H35GeN3/c1-26-11-16-32(17-12-26)49-39-22-18-33-34-23-27(2)13-19-37(34)50-40-21-15-29(4)44-41(40)48(42(39)46(33)50,31-9-7-6-8-10-31)43-45(49)30(5)25-36-35-24-28(3)14-20-38(35)51(44)47(36)43/h6-25H,1-5H3. The monoisotopic (exact) mass is 715 g/mol. The molecule has 5 heterocycles. The van der Waals surface area contributed by atoms with Crippen molar-refractivity contribution in [2.24, 2.45) is 0 Å². The Morgan fingerprint density at radius 2 is 1.08 bits per heavy atom. The van der Waals surface area contributed by atoms with Gasteiger partial charge in [0.15, 0.2) is 0 Å². The maximum atomic E-state index is 2.68. The summed E-state index contributed by atoms with van der Waals surface area (Å²) in [5.74, 6) is 0. The molecule has 3 aliphatic rings. The molecule has 0 saturated carbocycles. The second-order valence-electron chi connectivity index (χ2n) is 15.3. The topological polar surface area (TPSA) is 13.1 Å². The van der Waals surface area contributed by atoms with Crippen LogP contribution in [0.4, 0.5) is 17.1 Å². The van der Waals surface area contributed by atoms with Gasteiger partial charge in [-0.3, -0.25) is 0 Å². The van der Waals surface area contributed by atoms with Crippen LogP contribution in [0.1, 0.15) is 27.8 Å². The van der Waals surface area contributed by atoms with Crippen LogP contribution >= 0.6 is 0 Å². The Morgan fingerprint density at radius 1 is 0.431 bits per heavy atom. The summed E-state index contributed by atoms with van der Waals surface area (Å²) in [6.45, 7) is 11.4. The molecule has 51 heavy (non-hydrogen) atoms. The third kappa shape index (κ3) is 3.12. The number of rotatable bonds is 2. The van der Waals surface area contributed by atoms with E-state index in [1.807, 2.05) is 0 Å². The number of aryl methyl sites for hydroxylation is 5. The van der Waals surface area contributed by atoms with Gasteiger partial charge in [-0.15, -0.1) is 0 Å². The zero-order chi connectivity index (χ0) is 34.1. The molecule has 0 aliphatic carbocycles. The van der Waals surface area contributed by atoms with Crippen molar-refractivity contribution in [3.63, 3.8) is 0 Å². The van der Waals surface area contributed by atoms with Gasteiger partial charge in [-0.1, -0.05) is 0 Å². The maximum absolute atomic E-state index is 3.82. The molecule has 4 heteroatoms. The molecule has 0 radical (unpaired) electrons. The molecule has 2 aromatic heterocycles. The first-order chi connectivity index (χ1) is 24.9. The van der Waals surface area contributed by atoms with Gasteiger partial charge in [0.05, 0.1) is 0 Å². The van der Waals surface area contributed by atoms with Crippen LogP contribution < -0.4 is 22.5 Å². The summed E-state index contributed by atoms with van der Waals surface area (Å²) in [6, 6.07) is 47.4. The van der Waals surface area contributed by atoms with Crippen LogP contribution in [-0.4, -0.2) is 22.4 Å². The van der Waals surface area contributed by atoms with Gasteiger partial charge in [-0.25, -0.2) is 0 Å². The molecular formula is C47H35GeN3. The second kappa shape index (κ2) is 9.23. The van der Waals surface area contributed by atoms with E-state index in [0.717, 1.165) is 0 Å². The molecule has 1 atom stereocenters. The third-order valence-corrected chi connectivity index (χ3v) is 22.6. The normalized spacial score (nSPS) is 16.4. The first-order valence-corrected chi connectivity index (χ1v) is 22.3. The summed E-state index contributed by atoms with van der Waals surface area (Å²) in [7, 11) is 0. The van der Waals surface area contributed by atoms with E-state index in [9.17, 15) is 0 Å². The molecule has 12 rings (SSSR count). The van der Waals surface area contributed by atoms with Crippen molar-refractivity contribution < 1.29 is 0 Å². The fourth-order valence-electron chi connectivity index (χ4n) is 10.4. The van der Waals surface area contributed by atoms with Crippen molar-refractivity contribution in [1.82, 2.24) is 9.13 Å². The number of hydrogen-bond acceptors (Lipinski definition) is 1. The molecule has 242 valence electrons. The number of fused-ring (bicyclic) bond motifs is 8. The van der Waals surface area contributed by atoms with Crippen molar-refractivity contribution in [1.29, 1.82) is 0 Å². The van der Waals surface area contributed by atoms with E-state index < -0.39 is 13.3 Å². The summed E-state index contributed by atoms with van der Waals surface area (Å²) in [5, 5.41) is 5.43. The summed E-state index contributed by atoms with van der Waals surface area (Å²) < 4.78 is 11.6. The molecule has 0 spiro atoms.